The Morgan fingerprint density at radius 2 is 1.89 bits per heavy atom. The van der Waals surface area contributed by atoms with Gasteiger partial charge in [-0.05, 0) is 0 Å². The van der Waals surface area contributed by atoms with Crippen molar-refractivity contribution in [2.75, 3.05) is 13.7 Å². The van der Waals surface area contributed by atoms with Gasteiger partial charge in [0.1, 0.15) is 24.4 Å². The lowest BCUT2D eigenvalue weighted by Gasteiger charge is -2.41. The van der Waals surface area contributed by atoms with E-state index in [2.05, 4.69) is 4.74 Å². The third-order valence-electron chi connectivity index (χ3n) is 4.47. The number of esters is 1. The minimum absolute atomic E-state index is 0.178. The topological polar surface area (TPSA) is 192 Å². The van der Waals surface area contributed by atoms with E-state index in [9.17, 15) is 40.2 Å². The third kappa shape index (κ3) is 4.43. The molecule has 0 radical (unpaired) electrons. The van der Waals surface area contributed by atoms with Crippen LogP contribution in [0.2, 0.25) is 0 Å². The number of aliphatic hydroxyl groups excluding tert-OH is 5. The molecule has 1 fully saturated rings. The number of carbonyl (C=O) groups excluding carboxylic acids is 1. The maximum Gasteiger partial charge on any atom is 0.335 e. The zero-order valence-corrected chi connectivity index (χ0v) is 14.7. The first-order valence-corrected chi connectivity index (χ1v) is 8.20. The van der Waals surface area contributed by atoms with E-state index >= 15 is 0 Å². The Hall–Kier alpha value is -2.22. The van der Waals surface area contributed by atoms with Gasteiger partial charge < -0.3 is 49.6 Å². The van der Waals surface area contributed by atoms with Gasteiger partial charge in [0.25, 0.3) is 0 Å². The highest BCUT2D eigenvalue weighted by atomic mass is 16.8. The Morgan fingerprint density at radius 3 is 2.43 bits per heavy atom. The first kappa shape index (κ1) is 22.1. The van der Waals surface area contributed by atoms with Crippen LogP contribution in [-0.4, -0.2) is 93.3 Å². The van der Waals surface area contributed by atoms with Gasteiger partial charge in [-0.1, -0.05) is 0 Å². The molecule has 2 heterocycles. The largest absolute Gasteiger partial charge is 0.515 e. The average molecular weight is 406 g/mol. The number of hydrogen-bond donors (Lipinski definition) is 6. The predicted molar refractivity (Wildman–Crippen MR) is 86.3 cm³/mol. The molecular formula is C16H22O12. The third-order valence-corrected chi connectivity index (χ3v) is 4.47. The lowest BCUT2D eigenvalue weighted by Crippen LogP contribution is -2.60. The maximum absolute atomic E-state index is 11.6. The summed E-state index contributed by atoms with van der Waals surface area (Å²) in [7, 11) is 1.11. The summed E-state index contributed by atoms with van der Waals surface area (Å²) in [5, 5.41) is 57.7. The second-order valence-corrected chi connectivity index (χ2v) is 6.14. The van der Waals surface area contributed by atoms with E-state index in [1.807, 2.05) is 0 Å². The molecule has 12 nitrogen and oxygen atoms in total. The first-order chi connectivity index (χ1) is 13.2. The fraction of sp³-hybridized carbons (Fsp3) is 0.625. The normalized spacial score (nSPS) is 37.1. The Labute approximate surface area is 158 Å². The van der Waals surface area contributed by atoms with Crippen LogP contribution in [-0.2, 0) is 28.5 Å². The molecule has 2 aliphatic heterocycles. The van der Waals surface area contributed by atoms with Crippen LogP contribution in [0.4, 0.5) is 0 Å². The van der Waals surface area contributed by atoms with Crippen molar-refractivity contribution < 1.29 is 59.2 Å². The molecule has 0 saturated carbocycles. The van der Waals surface area contributed by atoms with Crippen molar-refractivity contribution in [3.63, 3.8) is 0 Å². The van der Waals surface area contributed by atoms with Crippen LogP contribution in [0.25, 0.3) is 0 Å². The lowest BCUT2D eigenvalue weighted by molar-refractivity contribution is -0.328. The van der Waals surface area contributed by atoms with Crippen molar-refractivity contribution in [3.05, 3.63) is 23.7 Å². The number of hydrogen-bond acceptors (Lipinski definition) is 11. The van der Waals surface area contributed by atoms with Crippen molar-refractivity contribution in [3.8, 4) is 0 Å². The quantitative estimate of drug-likeness (QED) is 0.205. The Morgan fingerprint density at radius 1 is 1.21 bits per heavy atom. The number of rotatable bonds is 6. The van der Waals surface area contributed by atoms with Gasteiger partial charge in [0.2, 0.25) is 6.29 Å². The average Bonchev–Trinajstić information content (AvgIpc) is 2.68. The van der Waals surface area contributed by atoms with Crippen LogP contribution < -0.4 is 0 Å². The number of methoxy groups -OCH3 is 1. The van der Waals surface area contributed by atoms with Gasteiger partial charge in [-0.25, -0.2) is 4.79 Å². The highest BCUT2D eigenvalue weighted by Crippen LogP contribution is 2.35. The molecule has 2 aliphatic rings. The highest BCUT2D eigenvalue weighted by Gasteiger charge is 2.47. The van der Waals surface area contributed by atoms with Gasteiger partial charge in [-0.15, -0.1) is 0 Å². The first-order valence-electron chi connectivity index (χ1n) is 8.20. The summed E-state index contributed by atoms with van der Waals surface area (Å²) < 4.78 is 20.2. The standard InChI is InChI=1S/C16H22O12/c1-25-10(19)2-6-7(3-17)15(26-5-8(6)14(23)24)28-16-13(22)12(21)11(20)9(4-18)27-16/h3,5-6,9,11-13,15-18,20-22H,2,4H2,1H3,(H,23,24)/b7-3+/t6-,9-,11-,12+,13-,15+,16+/m0/s1. The van der Waals surface area contributed by atoms with Gasteiger partial charge in [0.05, 0.1) is 38.2 Å². The van der Waals surface area contributed by atoms with E-state index in [1.165, 1.54) is 0 Å². The van der Waals surface area contributed by atoms with Gasteiger partial charge in [-0.2, -0.15) is 0 Å². The molecule has 0 aromatic rings. The van der Waals surface area contributed by atoms with Gasteiger partial charge in [0.15, 0.2) is 6.29 Å². The summed E-state index contributed by atoms with van der Waals surface area (Å²) in [5.41, 5.74) is -0.526. The fourth-order valence-electron chi connectivity index (χ4n) is 2.88. The second-order valence-electron chi connectivity index (χ2n) is 6.14. The Kier molecular flexibility index (Phi) is 7.35. The summed E-state index contributed by atoms with van der Waals surface area (Å²) in [5.74, 6) is -3.33. The molecule has 12 heteroatoms. The van der Waals surface area contributed by atoms with E-state index in [4.69, 9.17) is 14.2 Å². The van der Waals surface area contributed by atoms with E-state index in [0.29, 0.717) is 6.26 Å². The van der Waals surface area contributed by atoms with Crippen LogP contribution in [0.5, 0.6) is 0 Å². The van der Waals surface area contributed by atoms with Crippen molar-refractivity contribution in [2.45, 2.75) is 43.4 Å². The molecular weight excluding hydrogens is 384 g/mol. The molecule has 0 amide bonds. The van der Waals surface area contributed by atoms with Crippen LogP contribution >= 0.6 is 0 Å². The summed E-state index contributed by atoms with van der Waals surface area (Å²) >= 11 is 0. The monoisotopic (exact) mass is 406 g/mol. The highest BCUT2D eigenvalue weighted by molar-refractivity contribution is 5.89. The molecule has 0 bridgehead atoms. The number of carboxylic acid groups (broad SMARTS) is 1. The van der Waals surface area contributed by atoms with Crippen molar-refractivity contribution in [1.29, 1.82) is 0 Å². The summed E-state index contributed by atoms with van der Waals surface area (Å²) in [6.07, 6.45) is -8.54. The molecule has 0 aliphatic carbocycles. The smallest absolute Gasteiger partial charge is 0.335 e. The molecule has 28 heavy (non-hydrogen) atoms. The molecule has 158 valence electrons. The maximum atomic E-state index is 11.6. The fourth-order valence-corrected chi connectivity index (χ4v) is 2.88. The molecule has 0 aromatic heterocycles. The lowest BCUT2D eigenvalue weighted by atomic mass is 9.87. The second kappa shape index (κ2) is 9.32. The number of ether oxygens (including phenoxy) is 4. The van der Waals surface area contributed by atoms with Crippen molar-refractivity contribution in [1.82, 2.24) is 0 Å². The Bertz CT molecular complexity index is 642. The molecule has 1 saturated heterocycles. The summed E-state index contributed by atoms with van der Waals surface area (Å²) in [6, 6.07) is 0. The van der Waals surface area contributed by atoms with Crippen LogP contribution in [0.3, 0.4) is 0 Å². The Balaban J connectivity index is 2.25. The minimum atomic E-state index is -1.75. The van der Waals surface area contributed by atoms with E-state index in [1.54, 1.807) is 0 Å². The molecule has 7 atom stereocenters. The summed E-state index contributed by atoms with van der Waals surface area (Å²) in [6.45, 7) is -0.687. The molecule has 0 spiro atoms. The van der Waals surface area contributed by atoms with Crippen LogP contribution in [0, 0.1) is 5.92 Å². The van der Waals surface area contributed by atoms with E-state index < -0.39 is 67.9 Å². The molecule has 0 unspecified atom stereocenters. The minimum Gasteiger partial charge on any atom is -0.515 e. The molecule has 0 aromatic carbocycles. The number of carbonyl (C=O) groups is 2. The van der Waals surface area contributed by atoms with Crippen LogP contribution in [0.15, 0.2) is 23.7 Å². The zero-order chi connectivity index (χ0) is 21.0. The predicted octanol–water partition coefficient (Wildman–Crippen LogP) is -2.25. The van der Waals surface area contributed by atoms with E-state index in [-0.39, 0.29) is 11.1 Å². The van der Waals surface area contributed by atoms with Gasteiger partial charge >= 0.3 is 11.9 Å². The SMILES string of the molecule is COC(=O)C[C@@H]1C(C(=O)O)=CO[C@H](O[C@H]2O[C@@H](CO)[C@H](O)[C@@H](O)[C@@H]2O)/C1=C/O. The van der Waals surface area contributed by atoms with Gasteiger partial charge in [-0.3, -0.25) is 4.79 Å². The van der Waals surface area contributed by atoms with E-state index in [0.717, 1.165) is 13.4 Å². The van der Waals surface area contributed by atoms with Crippen molar-refractivity contribution in [2.24, 2.45) is 5.92 Å². The van der Waals surface area contributed by atoms with Crippen molar-refractivity contribution >= 4 is 11.9 Å². The molecule has 2 rings (SSSR count). The summed E-state index contributed by atoms with van der Waals surface area (Å²) in [4.78, 5) is 23.0. The number of aliphatic hydroxyl groups is 5. The van der Waals surface area contributed by atoms with Crippen LogP contribution in [0.1, 0.15) is 6.42 Å². The number of aliphatic carboxylic acids is 1. The zero-order valence-electron chi connectivity index (χ0n) is 14.7. The molecule has 6 N–H and O–H groups in total. The number of carboxylic acids is 1. The van der Waals surface area contributed by atoms with Gasteiger partial charge in [0, 0.05) is 11.5 Å².